The van der Waals surface area contributed by atoms with E-state index in [9.17, 15) is 9.13 Å². The molecule has 0 radical (unpaired) electrons. The maximum atomic E-state index is 13.0. The van der Waals surface area contributed by atoms with Crippen molar-refractivity contribution in [2.45, 2.75) is 0 Å². The number of rotatable bonds is 9. The van der Waals surface area contributed by atoms with E-state index in [1.165, 1.54) is 18.7 Å². The van der Waals surface area contributed by atoms with Crippen LogP contribution in [0.15, 0.2) is 0 Å². The predicted octanol–water partition coefficient (Wildman–Crippen LogP) is 2.27. The lowest BCUT2D eigenvalue weighted by Crippen LogP contribution is -2.26. The fourth-order valence-electron chi connectivity index (χ4n) is 1.35. The first kappa shape index (κ1) is 22.6. The van der Waals surface area contributed by atoms with Crippen molar-refractivity contribution in [2.75, 3.05) is 70.5 Å². The molecular formula is C10H30N5O4P3. The smallest absolute Gasteiger partial charge is 0.255 e. The molecule has 22 heavy (non-hydrogen) atoms. The van der Waals surface area contributed by atoms with E-state index in [0.29, 0.717) is 0 Å². The SMILES string of the molecule is CN(C)P(OP(=O)(N(C)C)N(C)C)OP(=O)(N(C)C)N(C)C. The highest BCUT2D eigenvalue weighted by Crippen LogP contribution is 2.69. The molecular weight excluding hydrogens is 347 g/mol. The second-order valence-electron chi connectivity index (χ2n) is 5.62. The van der Waals surface area contributed by atoms with E-state index in [4.69, 9.17) is 8.62 Å². The van der Waals surface area contributed by atoms with Gasteiger partial charge in [0.15, 0.2) is 0 Å². The lowest BCUT2D eigenvalue weighted by Gasteiger charge is -2.37. The Morgan fingerprint density at radius 3 is 0.955 bits per heavy atom. The maximum absolute atomic E-state index is 13.0. The van der Waals surface area contributed by atoms with Crippen LogP contribution in [0.4, 0.5) is 0 Å². The fraction of sp³-hybridized carbons (Fsp3) is 1.00. The third-order valence-corrected chi connectivity index (χ3v) is 10.2. The zero-order valence-corrected chi connectivity index (χ0v) is 17.9. The minimum absolute atomic E-state index is 1.51. The van der Waals surface area contributed by atoms with Gasteiger partial charge in [-0.3, -0.25) is 9.13 Å². The second kappa shape index (κ2) is 8.63. The largest absolute Gasteiger partial charge is 0.351 e. The van der Waals surface area contributed by atoms with Crippen LogP contribution >= 0.6 is 23.9 Å². The standard InChI is InChI=1S/C10H30N5O4P3/c1-11(2)20(18-21(16,12(3)4)13(5)6)19-22(17,14(7)8)15(9)10/h1-10H3. The highest BCUT2D eigenvalue weighted by molar-refractivity contribution is 7.69. The van der Waals surface area contributed by atoms with Gasteiger partial charge in [0.05, 0.1) is 0 Å². The molecule has 12 heteroatoms. The monoisotopic (exact) mass is 377 g/mol. The van der Waals surface area contributed by atoms with Gasteiger partial charge in [-0.05, 0) is 70.5 Å². The van der Waals surface area contributed by atoms with E-state index in [0.717, 1.165) is 0 Å². The topological polar surface area (TPSA) is 68.8 Å². The highest BCUT2D eigenvalue weighted by Gasteiger charge is 2.41. The predicted molar refractivity (Wildman–Crippen MR) is 92.7 cm³/mol. The highest BCUT2D eigenvalue weighted by atomic mass is 31.3. The van der Waals surface area contributed by atoms with Gasteiger partial charge in [0.25, 0.3) is 8.53 Å². The Bertz CT molecular complexity index is 384. The summed E-state index contributed by atoms with van der Waals surface area (Å²) in [7, 11) is 8.53. The zero-order chi connectivity index (χ0) is 17.9. The van der Waals surface area contributed by atoms with Crippen LogP contribution in [0.3, 0.4) is 0 Å². The molecule has 0 rings (SSSR count). The molecule has 134 valence electrons. The van der Waals surface area contributed by atoms with Crippen LogP contribution in [0.2, 0.25) is 0 Å². The molecule has 0 amide bonds. The van der Waals surface area contributed by atoms with Gasteiger partial charge in [0.2, 0.25) is 0 Å². The molecule has 0 unspecified atom stereocenters. The van der Waals surface area contributed by atoms with Crippen molar-refractivity contribution in [3.63, 3.8) is 0 Å². The molecule has 0 aromatic heterocycles. The maximum Gasteiger partial charge on any atom is 0.351 e. The van der Waals surface area contributed by atoms with Crippen LogP contribution in [0.1, 0.15) is 0 Å². The summed E-state index contributed by atoms with van der Waals surface area (Å²) in [5.41, 5.74) is 0. The molecule has 0 saturated heterocycles. The summed E-state index contributed by atoms with van der Waals surface area (Å²) in [4.78, 5) is 0. The number of hydrogen-bond acceptors (Lipinski definition) is 5. The van der Waals surface area contributed by atoms with Crippen LogP contribution in [-0.4, -0.2) is 93.8 Å². The lowest BCUT2D eigenvalue weighted by molar-refractivity contribution is 0.307. The molecule has 0 fully saturated rings. The summed E-state index contributed by atoms with van der Waals surface area (Å²) in [6, 6.07) is 0. The first-order chi connectivity index (χ1) is 9.79. The summed E-state index contributed by atoms with van der Waals surface area (Å²) in [6.45, 7) is 0. The average Bonchev–Trinajstić information content (AvgIpc) is 2.36. The van der Waals surface area contributed by atoms with Crippen LogP contribution in [-0.2, 0) is 17.8 Å². The lowest BCUT2D eigenvalue weighted by atomic mass is 11.3. The minimum atomic E-state index is -3.25. The first-order valence-electron chi connectivity index (χ1n) is 6.57. The molecule has 0 saturated carbocycles. The first-order valence-corrected chi connectivity index (χ1v) is 10.8. The van der Waals surface area contributed by atoms with Gasteiger partial charge < -0.3 is 0 Å². The molecule has 0 heterocycles. The van der Waals surface area contributed by atoms with Gasteiger partial charge >= 0.3 is 15.3 Å². The van der Waals surface area contributed by atoms with E-state index >= 15 is 0 Å². The second-order valence-corrected chi connectivity index (χ2v) is 13.4. The molecule has 9 nitrogen and oxygen atoms in total. The minimum Gasteiger partial charge on any atom is -0.255 e. The zero-order valence-electron chi connectivity index (χ0n) is 15.2. The van der Waals surface area contributed by atoms with Gasteiger partial charge in [0.1, 0.15) is 0 Å². The van der Waals surface area contributed by atoms with Crippen molar-refractivity contribution in [1.29, 1.82) is 0 Å². The molecule has 0 N–H and O–H groups in total. The molecule has 0 aromatic carbocycles. The van der Waals surface area contributed by atoms with Gasteiger partial charge in [0, 0.05) is 0 Å². The van der Waals surface area contributed by atoms with E-state index in [1.807, 2.05) is 0 Å². The van der Waals surface area contributed by atoms with E-state index in [-0.39, 0.29) is 0 Å². The van der Waals surface area contributed by atoms with Crippen molar-refractivity contribution in [3.05, 3.63) is 0 Å². The summed E-state index contributed by atoms with van der Waals surface area (Å²) in [5.74, 6) is 0. The van der Waals surface area contributed by atoms with Gasteiger partial charge in [-0.15, -0.1) is 0 Å². The van der Waals surface area contributed by atoms with Crippen LogP contribution in [0, 0.1) is 0 Å². The van der Waals surface area contributed by atoms with Gasteiger partial charge in [-0.25, -0.2) is 32.0 Å². The Hall–Kier alpha value is 0.610. The van der Waals surface area contributed by atoms with Crippen molar-refractivity contribution in [3.8, 4) is 0 Å². The molecule has 0 spiro atoms. The Kier molecular flexibility index (Phi) is 8.87. The Morgan fingerprint density at radius 2 is 0.818 bits per heavy atom. The molecule has 0 aromatic rings. The number of nitrogens with zero attached hydrogens (tertiary/aromatic N) is 5. The van der Waals surface area contributed by atoms with Crippen molar-refractivity contribution in [1.82, 2.24) is 23.4 Å². The summed E-state index contributed by atoms with van der Waals surface area (Å²) in [6.07, 6.45) is 0. The van der Waals surface area contributed by atoms with E-state index in [1.54, 1.807) is 75.1 Å². The van der Waals surface area contributed by atoms with Crippen molar-refractivity contribution in [2.24, 2.45) is 0 Å². The number of hydrogen-bond donors (Lipinski definition) is 0. The van der Waals surface area contributed by atoms with Crippen molar-refractivity contribution < 1.29 is 17.8 Å². The molecule has 0 atom stereocenters. The Labute approximate surface area is 136 Å². The van der Waals surface area contributed by atoms with Crippen molar-refractivity contribution >= 4 is 23.9 Å². The molecule has 0 aliphatic heterocycles. The summed E-state index contributed by atoms with van der Waals surface area (Å²) < 4.78 is 45.2. The summed E-state index contributed by atoms with van der Waals surface area (Å²) in [5, 5.41) is 0. The molecule has 0 bridgehead atoms. The fourth-order valence-corrected chi connectivity index (χ4v) is 8.13. The normalized spacial score (nSPS) is 14.4. The van der Waals surface area contributed by atoms with E-state index in [2.05, 4.69) is 0 Å². The molecule has 0 aliphatic rings. The average molecular weight is 377 g/mol. The third kappa shape index (κ3) is 5.32. The van der Waals surface area contributed by atoms with Crippen LogP contribution in [0.5, 0.6) is 0 Å². The van der Waals surface area contributed by atoms with Gasteiger partial charge in [-0.2, -0.15) is 0 Å². The van der Waals surface area contributed by atoms with Gasteiger partial charge in [-0.1, -0.05) is 0 Å². The quantitative estimate of drug-likeness (QED) is 0.563. The third-order valence-electron chi connectivity index (χ3n) is 2.70. The van der Waals surface area contributed by atoms with Crippen LogP contribution in [0.25, 0.3) is 0 Å². The molecule has 0 aliphatic carbocycles. The Balaban J connectivity index is 5.51. The Morgan fingerprint density at radius 1 is 0.591 bits per heavy atom. The van der Waals surface area contributed by atoms with Crippen LogP contribution < -0.4 is 0 Å². The summed E-state index contributed by atoms with van der Waals surface area (Å²) >= 11 is 0. The van der Waals surface area contributed by atoms with E-state index < -0.39 is 23.9 Å².